The second kappa shape index (κ2) is 18.8. The van der Waals surface area contributed by atoms with Gasteiger partial charge in [0.15, 0.2) is 0 Å². The van der Waals surface area contributed by atoms with Gasteiger partial charge in [-0.05, 0) is 124 Å². The number of aliphatic hydroxyl groups excluding tert-OH is 1. The van der Waals surface area contributed by atoms with Gasteiger partial charge in [-0.2, -0.15) is 0 Å². The third-order valence-electron chi connectivity index (χ3n) is 13.9. The molecule has 2 aromatic rings. The van der Waals surface area contributed by atoms with Gasteiger partial charge in [-0.1, -0.05) is 72.3 Å². The molecule has 5 heterocycles. The van der Waals surface area contributed by atoms with Crippen molar-refractivity contribution in [3.8, 4) is 0 Å². The number of nitrogens with one attached hydrogen (secondary N) is 4. The van der Waals surface area contributed by atoms with E-state index in [4.69, 9.17) is 9.47 Å². The molecule has 9 nitrogen and oxygen atoms in total. The Balaban J connectivity index is 1.33. The Labute approximate surface area is 346 Å². The first-order valence-corrected chi connectivity index (χ1v) is 22.2. The van der Waals surface area contributed by atoms with Crippen molar-refractivity contribution in [1.82, 2.24) is 20.6 Å². The van der Waals surface area contributed by atoms with Gasteiger partial charge in [0.2, 0.25) is 0 Å². The quantitative estimate of drug-likeness (QED) is 0.0657. The van der Waals surface area contributed by atoms with Gasteiger partial charge in [0.1, 0.15) is 12.5 Å². The number of rotatable bonds is 16. The Bertz CT molecular complexity index is 2110. The van der Waals surface area contributed by atoms with Gasteiger partial charge >= 0.3 is 11.9 Å². The van der Waals surface area contributed by atoms with Gasteiger partial charge in [-0.3, -0.25) is 9.59 Å². The molecular formula is C49H70N4O5. The molecule has 1 aliphatic carbocycles. The molecule has 1 unspecified atom stereocenters. The van der Waals surface area contributed by atoms with Crippen molar-refractivity contribution in [3.05, 3.63) is 84.7 Å². The molecule has 9 heteroatoms. The highest BCUT2D eigenvalue weighted by atomic mass is 16.5. The van der Waals surface area contributed by atoms with Gasteiger partial charge in [-0.25, -0.2) is 0 Å². The second-order valence-corrected chi connectivity index (χ2v) is 17.6. The fourth-order valence-electron chi connectivity index (χ4n) is 10.2. The number of carbonyl (C=O) groups is 2. The summed E-state index contributed by atoms with van der Waals surface area (Å²) in [5, 5.41) is 21.3. The standard InChI is InChI=1S/C49H70N4O5/c1-11-14-15-17-27(4)18-16-19-28(5)22-23-58-42(54)21-20-35-31(8)38-24-36-29(6)33(12-2)40(50-36)25-37-30(7)34(13-3)41(51-37)26-39-32(9)43-47(53-39)44(46(35)52-38)45(48(43)55)49(56)57-10/h22,24-27,31,33,35,45-46,48,50-53,55H,11-21,23H2,1-10H3/b28-22+,38-24-,39-26-,40-25-/t27-,31-,33+,35-,45+,46?,48-/m0/s1. The highest BCUT2D eigenvalue weighted by Gasteiger charge is 2.49. The van der Waals surface area contributed by atoms with Crippen LogP contribution in [0.1, 0.15) is 152 Å². The highest BCUT2D eigenvalue weighted by Crippen LogP contribution is 2.45. The zero-order chi connectivity index (χ0) is 41.8. The minimum absolute atomic E-state index is 0.0178. The van der Waals surface area contributed by atoms with Crippen molar-refractivity contribution in [2.45, 2.75) is 145 Å². The first-order chi connectivity index (χ1) is 27.8. The molecule has 5 N–H and O–H groups in total. The number of carbonyl (C=O) groups excluding carboxylic acids is 2. The Morgan fingerprint density at radius 1 is 0.948 bits per heavy atom. The SMILES string of the molecule is CCCCC[C@H](C)CCC/C(C)=C/COC(=O)CC[C@@H]1C2N/C(=C\C3=C(C)[C@@H](CC)/C(=C/c4[nH]c(c(CC)c4C)/C=c4\[nH]c5c(c4C)[C@H](O)[C@H](C(=O)OC)C=52)N3)[C@H]1C. The average molecular weight is 795 g/mol. The molecule has 1 fully saturated rings. The molecule has 58 heavy (non-hydrogen) atoms. The van der Waals surface area contributed by atoms with Crippen LogP contribution in [0.3, 0.4) is 0 Å². The van der Waals surface area contributed by atoms with Crippen LogP contribution in [0.5, 0.6) is 0 Å². The molecule has 0 radical (unpaired) electrons. The zero-order valence-electron chi connectivity index (χ0n) is 36.9. The number of methoxy groups -OCH3 is 1. The number of unbranched alkanes of at least 4 members (excludes halogenated alkanes) is 2. The van der Waals surface area contributed by atoms with E-state index in [9.17, 15) is 14.7 Å². The van der Waals surface area contributed by atoms with Crippen LogP contribution in [0.2, 0.25) is 0 Å². The smallest absolute Gasteiger partial charge is 0.315 e. The lowest BCUT2D eigenvalue weighted by Crippen LogP contribution is -2.37. The first kappa shape index (κ1) is 43.3. The Morgan fingerprint density at radius 2 is 1.71 bits per heavy atom. The van der Waals surface area contributed by atoms with Crippen molar-refractivity contribution in [2.24, 2.45) is 29.6 Å². The summed E-state index contributed by atoms with van der Waals surface area (Å²) in [5.74, 6) is -0.645. The van der Waals surface area contributed by atoms with Crippen molar-refractivity contribution in [3.63, 3.8) is 0 Å². The van der Waals surface area contributed by atoms with Crippen molar-refractivity contribution in [1.29, 1.82) is 0 Å². The Kier molecular flexibility index (Phi) is 14.0. The molecule has 2 aromatic heterocycles. The number of H-pyrrole nitrogens is 2. The fraction of sp³-hybridized carbons (Fsp3) is 0.592. The van der Waals surface area contributed by atoms with E-state index in [2.05, 4.69) is 100 Å². The third-order valence-corrected chi connectivity index (χ3v) is 13.9. The van der Waals surface area contributed by atoms with E-state index >= 15 is 0 Å². The number of ether oxygens (including phenoxy) is 2. The summed E-state index contributed by atoms with van der Waals surface area (Å²) in [6, 6.07) is -0.343. The van der Waals surface area contributed by atoms with E-state index in [1.807, 2.05) is 6.92 Å². The highest BCUT2D eigenvalue weighted by molar-refractivity contribution is 5.88. The minimum Gasteiger partial charge on any atom is -0.468 e. The van der Waals surface area contributed by atoms with Crippen LogP contribution >= 0.6 is 0 Å². The lowest BCUT2D eigenvalue weighted by atomic mass is 9.80. The number of aliphatic hydroxyl groups is 1. The molecule has 0 spiro atoms. The summed E-state index contributed by atoms with van der Waals surface area (Å²) in [7, 11) is 1.38. The van der Waals surface area contributed by atoms with E-state index in [0.717, 1.165) is 81.8 Å². The lowest BCUT2D eigenvalue weighted by molar-refractivity contribution is -0.147. The Morgan fingerprint density at radius 3 is 2.41 bits per heavy atom. The Hall–Kier alpha value is -4.24. The summed E-state index contributed by atoms with van der Waals surface area (Å²) in [4.78, 5) is 34.4. The molecule has 6 rings (SSSR count). The number of esters is 2. The van der Waals surface area contributed by atoms with E-state index in [1.165, 1.54) is 67.2 Å². The van der Waals surface area contributed by atoms with E-state index in [0.29, 0.717) is 6.42 Å². The van der Waals surface area contributed by atoms with Crippen LogP contribution in [0.4, 0.5) is 0 Å². The molecule has 0 amide bonds. The molecular weight excluding hydrogens is 725 g/mol. The third kappa shape index (κ3) is 8.71. The number of hydrogen-bond donors (Lipinski definition) is 5. The summed E-state index contributed by atoms with van der Waals surface area (Å²) in [6.45, 7) is 20.0. The molecule has 316 valence electrons. The normalized spacial score (nSPS) is 26.6. The fourth-order valence-corrected chi connectivity index (χ4v) is 10.2. The maximum Gasteiger partial charge on any atom is 0.315 e. The predicted octanol–water partition coefficient (Wildman–Crippen LogP) is 8.36. The number of allylic oxidation sites excluding steroid dienone is 4. The molecule has 7 atom stereocenters. The molecule has 4 aliphatic rings. The summed E-state index contributed by atoms with van der Waals surface area (Å²) < 4.78 is 11.2. The van der Waals surface area contributed by atoms with Crippen LogP contribution in [-0.4, -0.2) is 46.8 Å². The summed E-state index contributed by atoms with van der Waals surface area (Å²) in [6.07, 6.45) is 18.8. The molecule has 0 aromatic carbocycles. The van der Waals surface area contributed by atoms with Crippen molar-refractivity contribution in [2.75, 3.05) is 13.7 Å². The maximum absolute atomic E-state index is 13.7. The van der Waals surface area contributed by atoms with Gasteiger partial charge in [-0.15, -0.1) is 0 Å². The van der Waals surface area contributed by atoms with Crippen LogP contribution in [0, 0.1) is 43.4 Å². The number of aromatic amines is 2. The second-order valence-electron chi connectivity index (χ2n) is 17.6. The van der Waals surface area contributed by atoms with E-state index in [-0.39, 0.29) is 42.8 Å². The molecule has 1 saturated heterocycles. The van der Waals surface area contributed by atoms with Crippen molar-refractivity contribution < 1.29 is 24.2 Å². The zero-order valence-corrected chi connectivity index (χ0v) is 36.9. The molecule has 3 aliphatic heterocycles. The minimum atomic E-state index is -1.08. The number of hydrogen-bond acceptors (Lipinski definition) is 7. The molecule has 8 bridgehead atoms. The topological polar surface area (TPSA) is 128 Å². The first-order valence-electron chi connectivity index (χ1n) is 22.2. The van der Waals surface area contributed by atoms with E-state index < -0.39 is 18.0 Å². The maximum atomic E-state index is 13.7. The van der Waals surface area contributed by atoms with Gasteiger partial charge < -0.3 is 35.2 Å². The monoisotopic (exact) mass is 795 g/mol. The van der Waals surface area contributed by atoms with Crippen LogP contribution in [0.15, 0.2) is 40.4 Å². The lowest BCUT2D eigenvalue weighted by Gasteiger charge is -2.27. The summed E-state index contributed by atoms with van der Waals surface area (Å²) in [5.41, 5.74) is 12.8. The van der Waals surface area contributed by atoms with Gasteiger partial charge in [0.25, 0.3) is 0 Å². The van der Waals surface area contributed by atoms with Crippen LogP contribution < -0.4 is 21.3 Å². The van der Waals surface area contributed by atoms with Crippen LogP contribution in [-0.2, 0) is 25.5 Å². The van der Waals surface area contributed by atoms with Gasteiger partial charge in [0, 0.05) is 63.0 Å². The average Bonchev–Trinajstić information content (AvgIpc) is 3.94. The predicted molar refractivity (Wildman–Crippen MR) is 233 cm³/mol. The number of fused-ring (bicyclic) bond motifs is 8. The van der Waals surface area contributed by atoms with Gasteiger partial charge in [0.05, 0.1) is 19.3 Å². The van der Waals surface area contributed by atoms with Crippen LogP contribution in [0.25, 0.3) is 17.7 Å². The number of aromatic nitrogens is 2. The summed E-state index contributed by atoms with van der Waals surface area (Å²) >= 11 is 0. The van der Waals surface area contributed by atoms with E-state index in [1.54, 1.807) is 0 Å². The van der Waals surface area contributed by atoms with Crippen molar-refractivity contribution >= 4 is 29.7 Å². The largest absolute Gasteiger partial charge is 0.468 e. The molecule has 0 saturated carbocycles.